The molecule has 0 aromatic rings. The van der Waals surface area contributed by atoms with Crippen LogP contribution in [-0.4, -0.2) is 18.6 Å². The number of hydrogen-bond donors (Lipinski definition) is 2. The summed E-state index contributed by atoms with van der Waals surface area (Å²) in [5, 5.41) is 6.24. The Balaban J connectivity index is 1.36. The SMILES string of the molecule is O=C(NC[C@@H]1C[C@H]2CC[C@H]1C2)NC1CCCCC1. The van der Waals surface area contributed by atoms with E-state index in [-0.39, 0.29) is 6.03 Å². The van der Waals surface area contributed by atoms with Gasteiger partial charge in [-0.25, -0.2) is 4.79 Å². The molecule has 3 aliphatic rings. The smallest absolute Gasteiger partial charge is 0.315 e. The van der Waals surface area contributed by atoms with Crippen molar-refractivity contribution in [2.24, 2.45) is 17.8 Å². The second-order valence-corrected chi connectivity index (χ2v) is 6.62. The summed E-state index contributed by atoms with van der Waals surface area (Å²) >= 11 is 0. The third kappa shape index (κ3) is 2.81. The minimum absolute atomic E-state index is 0.0738. The Morgan fingerprint density at radius 2 is 1.83 bits per heavy atom. The number of nitrogens with one attached hydrogen (secondary N) is 2. The van der Waals surface area contributed by atoms with Gasteiger partial charge in [-0.2, -0.15) is 0 Å². The van der Waals surface area contributed by atoms with Crippen molar-refractivity contribution in [1.29, 1.82) is 0 Å². The Morgan fingerprint density at radius 3 is 2.50 bits per heavy atom. The highest BCUT2D eigenvalue weighted by molar-refractivity contribution is 5.74. The number of fused-ring (bicyclic) bond motifs is 2. The molecule has 0 saturated heterocycles. The van der Waals surface area contributed by atoms with E-state index in [1.807, 2.05) is 0 Å². The summed E-state index contributed by atoms with van der Waals surface area (Å²) in [4.78, 5) is 11.9. The largest absolute Gasteiger partial charge is 0.338 e. The van der Waals surface area contributed by atoms with Gasteiger partial charge in [-0.15, -0.1) is 0 Å². The number of carbonyl (C=O) groups excluding carboxylic acids is 1. The minimum atomic E-state index is 0.0738. The summed E-state index contributed by atoms with van der Waals surface area (Å²) in [6, 6.07) is 0.503. The van der Waals surface area contributed by atoms with Crippen LogP contribution in [0.1, 0.15) is 57.8 Å². The van der Waals surface area contributed by atoms with Crippen LogP contribution >= 0.6 is 0 Å². The second kappa shape index (κ2) is 5.50. The Morgan fingerprint density at radius 1 is 1.00 bits per heavy atom. The maximum absolute atomic E-state index is 11.9. The molecule has 2 bridgehead atoms. The van der Waals surface area contributed by atoms with Gasteiger partial charge in [0.15, 0.2) is 0 Å². The number of hydrogen-bond acceptors (Lipinski definition) is 1. The van der Waals surface area contributed by atoms with E-state index in [2.05, 4.69) is 10.6 Å². The molecule has 3 atom stereocenters. The Kier molecular flexibility index (Phi) is 3.76. The predicted molar refractivity (Wildman–Crippen MR) is 72.3 cm³/mol. The van der Waals surface area contributed by atoms with Crippen LogP contribution in [0.3, 0.4) is 0 Å². The molecule has 3 heteroatoms. The normalized spacial score (nSPS) is 35.7. The molecular weight excluding hydrogens is 224 g/mol. The van der Waals surface area contributed by atoms with Gasteiger partial charge < -0.3 is 10.6 Å². The third-order valence-corrected chi connectivity index (χ3v) is 5.35. The van der Waals surface area contributed by atoms with Gasteiger partial charge in [-0.05, 0) is 49.9 Å². The number of urea groups is 1. The van der Waals surface area contributed by atoms with E-state index >= 15 is 0 Å². The molecular formula is C15H26N2O. The van der Waals surface area contributed by atoms with Crippen LogP contribution in [0.4, 0.5) is 4.79 Å². The molecule has 102 valence electrons. The fraction of sp³-hybridized carbons (Fsp3) is 0.933. The van der Waals surface area contributed by atoms with Crippen molar-refractivity contribution in [2.45, 2.75) is 63.8 Å². The van der Waals surface area contributed by atoms with Gasteiger partial charge in [0.2, 0.25) is 0 Å². The molecule has 0 radical (unpaired) electrons. The number of amides is 2. The third-order valence-electron chi connectivity index (χ3n) is 5.35. The average molecular weight is 250 g/mol. The lowest BCUT2D eigenvalue weighted by Gasteiger charge is -2.25. The maximum atomic E-state index is 11.9. The lowest BCUT2D eigenvalue weighted by Crippen LogP contribution is -2.44. The highest BCUT2D eigenvalue weighted by Crippen LogP contribution is 2.47. The van der Waals surface area contributed by atoms with Gasteiger partial charge >= 0.3 is 6.03 Å². The minimum Gasteiger partial charge on any atom is -0.338 e. The molecule has 0 aromatic carbocycles. The van der Waals surface area contributed by atoms with E-state index in [9.17, 15) is 4.79 Å². The van der Waals surface area contributed by atoms with Crippen molar-refractivity contribution in [3.63, 3.8) is 0 Å². The van der Waals surface area contributed by atoms with Crippen molar-refractivity contribution in [1.82, 2.24) is 10.6 Å². The summed E-state index contributed by atoms with van der Waals surface area (Å²) in [6.45, 7) is 0.902. The van der Waals surface area contributed by atoms with Crippen molar-refractivity contribution in [3.05, 3.63) is 0 Å². The van der Waals surface area contributed by atoms with Gasteiger partial charge in [0.25, 0.3) is 0 Å². The molecule has 3 rings (SSSR count). The van der Waals surface area contributed by atoms with E-state index in [0.29, 0.717) is 6.04 Å². The number of carbonyl (C=O) groups is 1. The molecule has 0 aliphatic heterocycles. The molecule has 2 N–H and O–H groups in total. The summed E-state index contributed by atoms with van der Waals surface area (Å²) in [5.74, 6) is 2.65. The van der Waals surface area contributed by atoms with Crippen LogP contribution in [0.5, 0.6) is 0 Å². The summed E-state index contributed by atoms with van der Waals surface area (Å²) in [5.41, 5.74) is 0. The van der Waals surface area contributed by atoms with Gasteiger partial charge in [-0.3, -0.25) is 0 Å². The lowest BCUT2D eigenvalue weighted by molar-refractivity contribution is 0.227. The van der Waals surface area contributed by atoms with E-state index in [1.165, 1.54) is 57.8 Å². The van der Waals surface area contributed by atoms with Gasteiger partial charge in [0.1, 0.15) is 0 Å². The molecule has 18 heavy (non-hydrogen) atoms. The molecule has 3 nitrogen and oxygen atoms in total. The van der Waals surface area contributed by atoms with Crippen LogP contribution in [0, 0.1) is 17.8 Å². The zero-order valence-electron chi connectivity index (χ0n) is 11.3. The van der Waals surface area contributed by atoms with Gasteiger partial charge in [0, 0.05) is 12.6 Å². The van der Waals surface area contributed by atoms with Crippen LogP contribution in [0.2, 0.25) is 0 Å². The molecule has 3 saturated carbocycles. The monoisotopic (exact) mass is 250 g/mol. The van der Waals surface area contributed by atoms with Crippen LogP contribution < -0.4 is 10.6 Å². The fourth-order valence-corrected chi connectivity index (χ4v) is 4.33. The zero-order valence-corrected chi connectivity index (χ0v) is 11.3. The lowest BCUT2D eigenvalue weighted by atomic mass is 9.89. The molecule has 0 heterocycles. The first kappa shape index (κ1) is 12.3. The highest BCUT2D eigenvalue weighted by Gasteiger charge is 2.39. The van der Waals surface area contributed by atoms with Gasteiger partial charge in [-0.1, -0.05) is 25.7 Å². The Hall–Kier alpha value is -0.730. The van der Waals surface area contributed by atoms with Crippen molar-refractivity contribution in [3.8, 4) is 0 Å². The van der Waals surface area contributed by atoms with Crippen LogP contribution in [0.15, 0.2) is 0 Å². The molecule has 0 unspecified atom stereocenters. The summed E-state index contributed by atoms with van der Waals surface area (Å²) in [7, 11) is 0. The second-order valence-electron chi connectivity index (χ2n) is 6.62. The van der Waals surface area contributed by atoms with Crippen LogP contribution in [0.25, 0.3) is 0 Å². The van der Waals surface area contributed by atoms with E-state index < -0.39 is 0 Å². The molecule has 0 aromatic heterocycles. The first-order valence-corrected chi connectivity index (χ1v) is 7.85. The molecule has 3 aliphatic carbocycles. The number of rotatable bonds is 3. The summed E-state index contributed by atoms with van der Waals surface area (Å²) < 4.78 is 0. The fourth-order valence-electron chi connectivity index (χ4n) is 4.33. The van der Waals surface area contributed by atoms with E-state index in [4.69, 9.17) is 0 Å². The van der Waals surface area contributed by atoms with Crippen molar-refractivity contribution >= 4 is 6.03 Å². The average Bonchev–Trinajstić information content (AvgIpc) is 3.00. The molecule has 3 fully saturated rings. The van der Waals surface area contributed by atoms with E-state index in [0.717, 1.165) is 24.3 Å². The molecule has 0 spiro atoms. The Bertz CT molecular complexity index is 299. The van der Waals surface area contributed by atoms with Crippen LogP contribution in [-0.2, 0) is 0 Å². The summed E-state index contributed by atoms with van der Waals surface area (Å²) in [6.07, 6.45) is 11.9. The maximum Gasteiger partial charge on any atom is 0.315 e. The van der Waals surface area contributed by atoms with Crippen molar-refractivity contribution < 1.29 is 4.79 Å². The topological polar surface area (TPSA) is 41.1 Å². The zero-order chi connectivity index (χ0) is 12.4. The van der Waals surface area contributed by atoms with Crippen molar-refractivity contribution in [2.75, 3.05) is 6.54 Å². The van der Waals surface area contributed by atoms with E-state index in [1.54, 1.807) is 0 Å². The standard InChI is InChI=1S/C15H26N2O/c18-15(17-14-4-2-1-3-5-14)16-10-13-9-11-6-7-12(13)8-11/h11-14H,1-10H2,(H2,16,17,18)/t11-,12-,13-/m0/s1. The predicted octanol–water partition coefficient (Wildman–Crippen LogP) is 3.05. The highest BCUT2D eigenvalue weighted by atomic mass is 16.2. The Labute approximate surface area is 110 Å². The quantitative estimate of drug-likeness (QED) is 0.794. The first-order chi connectivity index (χ1) is 8.81. The van der Waals surface area contributed by atoms with Gasteiger partial charge in [0.05, 0.1) is 0 Å². The first-order valence-electron chi connectivity index (χ1n) is 7.85. The molecule has 2 amide bonds.